The van der Waals surface area contributed by atoms with Crippen LogP contribution in [0.15, 0.2) is 158 Å². The van der Waals surface area contributed by atoms with Crippen LogP contribution in [-0.4, -0.2) is 14.5 Å². The van der Waals surface area contributed by atoms with Gasteiger partial charge in [-0.3, -0.25) is 0 Å². The highest BCUT2D eigenvalue weighted by atomic mass is 15.1. The van der Waals surface area contributed by atoms with Crippen molar-refractivity contribution >= 4 is 38.9 Å². The molecule has 0 saturated heterocycles. The third-order valence-corrected chi connectivity index (χ3v) is 8.75. The van der Waals surface area contributed by atoms with Crippen LogP contribution in [0.4, 0.5) is 17.1 Å². The molecule has 0 spiro atoms. The van der Waals surface area contributed by atoms with Gasteiger partial charge in [-0.25, -0.2) is 9.97 Å². The van der Waals surface area contributed by atoms with Crippen LogP contribution in [0.3, 0.4) is 0 Å². The highest BCUT2D eigenvalue weighted by Crippen LogP contribution is 2.40. The van der Waals surface area contributed by atoms with E-state index in [0.29, 0.717) is 0 Å². The van der Waals surface area contributed by atoms with Crippen LogP contribution in [0.5, 0.6) is 0 Å². The van der Waals surface area contributed by atoms with Crippen molar-refractivity contribution in [2.45, 2.75) is 13.8 Å². The molecule has 2 heterocycles. The predicted octanol–water partition coefficient (Wildman–Crippen LogP) is 11.0. The van der Waals surface area contributed by atoms with Crippen molar-refractivity contribution < 1.29 is 0 Å². The lowest BCUT2D eigenvalue weighted by Crippen LogP contribution is -2.09. The number of hydrogen-bond donors (Lipinski definition) is 0. The minimum absolute atomic E-state index is 0.738. The van der Waals surface area contributed by atoms with Crippen LogP contribution in [0.1, 0.15) is 11.1 Å². The van der Waals surface area contributed by atoms with Gasteiger partial charge < -0.3 is 9.47 Å². The van der Waals surface area contributed by atoms with Crippen molar-refractivity contribution in [2.75, 3.05) is 4.90 Å². The Morgan fingerprint density at radius 3 is 1.78 bits per heavy atom. The molecule has 0 atom stereocenters. The first kappa shape index (κ1) is 27.5. The van der Waals surface area contributed by atoms with E-state index in [1.54, 1.807) is 12.4 Å². The van der Waals surface area contributed by atoms with E-state index in [4.69, 9.17) is 0 Å². The second-order valence-electron chi connectivity index (χ2n) is 11.7. The number of aromatic nitrogens is 3. The first-order valence-corrected chi connectivity index (χ1v) is 15.6. The summed E-state index contributed by atoms with van der Waals surface area (Å²) < 4.78 is 2.42. The maximum atomic E-state index is 4.40. The molecule has 8 rings (SSSR count). The van der Waals surface area contributed by atoms with Crippen LogP contribution in [0.2, 0.25) is 0 Å². The third-order valence-electron chi connectivity index (χ3n) is 8.75. The van der Waals surface area contributed by atoms with Crippen molar-refractivity contribution in [1.82, 2.24) is 14.5 Å². The summed E-state index contributed by atoms with van der Waals surface area (Å²) in [6, 6.07) is 51.8. The summed E-state index contributed by atoms with van der Waals surface area (Å²) in [6.45, 7) is 4.42. The van der Waals surface area contributed by atoms with E-state index < -0.39 is 0 Å². The van der Waals surface area contributed by atoms with Gasteiger partial charge in [0.2, 0.25) is 0 Å². The highest BCUT2D eigenvalue weighted by Gasteiger charge is 2.18. The van der Waals surface area contributed by atoms with E-state index >= 15 is 0 Å². The zero-order valence-electron chi connectivity index (χ0n) is 25.8. The first-order chi connectivity index (χ1) is 22.7. The van der Waals surface area contributed by atoms with Crippen LogP contribution in [0, 0.1) is 13.8 Å². The summed E-state index contributed by atoms with van der Waals surface area (Å²) in [5.74, 6) is 0.738. The fourth-order valence-corrected chi connectivity index (χ4v) is 6.56. The Balaban J connectivity index is 1.25. The standard InChI is InChI=1S/C42H32N4/c1-29-27-41(30(2)26-37(29)31-18-20-32(21-19-31)42-43-24-11-25-44-42)46-39-17-10-9-16-36(39)38-28-35(22-23-40(38)46)45(33-12-5-3-6-13-33)34-14-7-4-8-15-34/h3-28H,1-2H3. The normalized spacial score (nSPS) is 11.3. The molecule has 0 unspecified atom stereocenters. The average Bonchev–Trinajstić information content (AvgIpc) is 3.44. The molecule has 8 aromatic rings. The Bertz CT molecular complexity index is 2270. The Hall–Kier alpha value is -6.00. The molecule has 46 heavy (non-hydrogen) atoms. The molecular weight excluding hydrogens is 560 g/mol. The number of rotatable bonds is 6. The zero-order valence-corrected chi connectivity index (χ0v) is 25.8. The Morgan fingerprint density at radius 1 is 0.478 bits per heavy atom. The Morgan fingerprint density at radius 2 is 1.09 bits per heavy atom. The van der Waals surface area contributed by atoms with Gasteiger partial charge in [-0.2, -0.15) is 0 Å². The van der Waals surface area contributed by atoms with E-state index in [1.807, 2.05) is 6.07 Å². The fourth-order valence-electron chi connectivity index (χ4n) is 6.56. The van der Waals surface area contributed by atoms with Gasteiger partial charge in [0.05, 0.1) is 11.0 Å². The topological polar surface area (TPSA) is 34.0 Å². The first-order valence-electron chi connectivity index (χ1n) is 15.6. The number of anilines is 3. The second kappa shape index (κ2) is 11.5. The van der Waals surface area contributed by atoms with Gasteiger partial charge in [0.15, 0.2) is 5.82 Å². The van der Waals surface area contributed by atoms with E-state index in [9.17, 15) is 0 Å². The van der Waals surface area contributed by atoms with Crippen molar-refractivity contribution in [3.63, 3.8) is 0 Å². The lowest BCUT2D eigenvalue weighted by atomic mass is 9.96. The molecule has 220 valence electrons. The van der Waals surface area contributed by atoms with Crippen molar-refractivity contribution in [2.24, 2.45) is 0 Å². The lowest BCUT2D eigenvalue weighted by Gasteiger charge is -2.25. The van der Waals surface area contributed by atoms with Crippen LogP contribution < -0.4 is 4.90 Å². The number of nitrogens with zero attached hydrogens (tertiary/aromatic N) is 4. The summed E-state index contributed by atoms with van der Waals surface area (Å²) in [5.41, 5.74) is 12.8. The number of aryl methyl sites for hydroxylation is 2. The monoisotopic (exact) mass is 592 g/mol. The molecule has 0 radical (unpaired) electrons. The van der Waals surface area contributed by atoms with Crippen LogP contribution >= 0.6 is 0 Å². The number of fused-ring (bicyclic) bond motifs is 3. The van der Waals surface area contributed by atoms with Gasteiger partial charge in [0.1, 0.15) is 0 Å². The fraction of sp³-hybridized carbons (Fsp3) is 0.0476. The molecule has 0 N–H and O–H groups in total. The maximum absolute atomic E-state index is 4.40. The molecule has 4 nitrogen and oxygen atoms in total. The summed E-state index contributed by atoms with van der Waals surface area (Å²) >= 11 is 0. The minimum Gasteiger partial charge on any atom is -0.310 e. The van der Waals surface area contributed by atoms with Gasteiger partial charge in [-0.15, -0.1) is 0 Å². The summed E-state index contributed by atoms with van der Waals surface area (Å²) in [5, 5.41) is 2.46. The lowest BCUT2D eigenvalue weighted by molar-refractivity contribution is 1.14. The molecule has 0 fully saturated rings. The highest BCUT2D eigenvalue weighted by molar-refractivity contribution is 6.10. The molecule has 0 aliphatic rings. The Labute approximate surface area is 268 Å². The minimum atomic E-state index is 0.738. The molecule has 0 amide bonds. The van der Waals surface area contributed by atoms with Gasteiger partial charge >= 0.3 is 0 Å². The van der Waals surface area contributed by atoms with Gasteiger partial charge in [-0.05, 0) is 103 Å². The van der Waals surface area contributed by atoms with E-state index in [0.717, 1.165) is 28.5 Å². The molecule has 0 aliphatic carbocycles. The second-order valence-corrected chi connectivity index (χ2v) is 11.7. The van der Waals surface area contributed by atoms with E-state index in [-0.39, 0.29) is 0 Å². The van der Waals surface area contributed by atoms with Crippen molar-refractivity contribution in [3.05, 3.63) is 169 Å². The molecular formula is C42H32N4. The molecule has 0 saturated carbocycles. The summed E-state index contributed by atoms with van der Waals surface area (Å²) in [7, 11) is 0. The van der Waals surface area contributed by atoms with Gasteiger partial charge in [0.25, 0.3) is 0 Å². The SMILES string of the molecule is Cc1cc(-n2c3ccccc3c3cc(N(c4ccccc4)c4ccccc4)ccc32)c(C)cc1-c1ccc(-c2ncccn2)cc1. The maximum Gasteiger partial charge on any atom is 0.159 e. The quantitative estimate of drug-likeness (QED) is 0.193. The molecule has 4 heteroatoms. The third kappa shape index (κ3) is 4.81. The molecule has 0 aliphatic heterocycles. The van der Waals surface area contributed by atoms with Crippen molar-refractivity contribution in [3.8, 4) is 28.2 Å². The van der Waals surface area contributed by atoms with E-state index in [2.05, 4.69) is 173 Å². The molecule has 0 bridgehead atoms. The molecule has 2 aromatic heterocycles. The van der Waals surface area contributed by atoms with E-state index in [1.165, 1.54) is 49.7 Å². The smallest absolute Gasteiger partial charge is 0.159 e. The largest absolute Gasteiger partial charge is 0.310 e. The summed E-state index contributed by atoms with van der Waals surface area (Å²) in [6.07, 6.45) is 3.56. The van der Waals surface area contributed by atoms with Gasteiger partial charge in [-0.1, -0.05) is 78.9 Å². The predicted molar refractivity (Wildman–Crippen MR) is 191 cm³/mol. The van der Waals surface area contributed by atoms with Crippen LogP contribution in [-0.2, 0) is 0 Å². The number of para-hydroxylation sites is 3. The van der Waals surface area contributed by atoms with Crippen LogP contribution in [0.25, 0.3) is 50.0 Å². The number of benzene rings is 6. The zero-order chi connectivity index (χ0) is 31.0. The average molecular weight is 593 g/mol. The Kier molecular flexibility index (Phi) is 6.88. The number of hydrogen-bond acceptors (Lipinski definition) is 3. The summed E-state index contributed by atoms with van der Waals surface area (Å²) in [4.78, 5) is 11.1. The molecule has 6 aromatic carbocycles. The van der Waals surface area contributed by atoms with Gasteiger partial charge in [0, 0.05) is 51.5 Å². The van der Waals surface area contributed by atoms with Crippen molar-refractivity contribution in [1.29, 1.82) is 0 Å².